The number of rotatable bonds is 5. The van der Waals surface area contributed by atoms with Crippen LogP contribution in [-0.4, -0.2) is 29.4 Å². The molecule has 34 heavy (non-hydrogen) atoms. The molecule has 0 aliphatic heterocycles. The van der Waals surface area contributed by atoms with E-state index in [1.54, 1.807) is 4.57 Å². The van der Waals surface area contributed by atoms with Gasteiger partial charge in [-0.2, -0.15) is 0 Å². The van der Waals surface area contributed by atoms with Crippen molar-refractivity contribution >= 4 is 28.4 Å². The van der Waals surface area contributed by atoms with E-state index < -0.39 is 0 Å². The summed E-state index contributed by atoms with van der Waals surface area (Å²) >= 11 is 1.42. The van der Waals surface area contributed by atoms with E-state index in [-0.39, 0.29) is 5.56 Å². The van der Waals surface area contributed by atoms with E-state index >= 15 is 0 Å². The van der Waals surface area contributed by atoms with E-state index in [1.165, 1.54) is 11.8 Å². The molecule has 6 aromatic rings. The third-order valence-electron chi connectivity index (χ3n) is 5.56. The van der Waals surface area contributed by atoms with Crippen LogP contribution in [0.1, 0.15) is 11.5 Å². The number of hydrogen-bond donors (Lipinski definition) is 0. The predicted molar refractivity (Wildman–Crippen MR) is 130 cm³/mol. The first-order valence-electron chi connectivity index (χ1n) is 10.7. The van der Waals surface area contributed by atoms with Crippen molar-refractivity contribution in [2.24, 2.45) is 0 Å². The van der Waals surface area contributed by atoms with Gasteiger partial charge in [0.1, 0.15) is 0 Å². The largest absolute Gasteiger partial charge is 0.420 e. The van der Waals surface area contributed by atoms with Gasteiger partial charge in [-0.1, -0.05) is 60.3 Å². The third-order valence-corrected chi connectivity index (χ3v) is 6.48. The van der Waals surface area contributed by atoms with Crippen molar-refractivity contribution in [1.29, 1.82) is 0 Å². The number of hydrogen-bond acceptors (Lipinski definition) is 7. The minimum atomic E-state index is -0.134. The second kappa shape index (κ2) is 8.27. The highest BCUT2D eigenvalue weighted by Crippen LogP contribution is 2.27. The number of aryl methyl sites for hydroxylation is 1. The molecular weight excluding hydrogens is 448 g/mol. The quantitative estimate of drug-likeness (QED) is 0.341. The average molecular weight is 467 g/mol. The van der Waals surface area contributed by atoms with E-state index in [1.807, 2.05) is 90.2 Å². The van der Waals surface area contributed by atoms with Crippen LogP contribution in [0.15, 0.2) is 93.2 Å². The lowest BCUT2D eigenvalue weighted by molar-refractivity contribution is 0.528. The summed E-state index contributed by atoms with van der Waals surface area (Å²) in [5.74, 6) is 1.83. The van der Waals surface area contributed by atoms with Gasteiger partial charge in [0.15, 0.2) is 5.16 Å². The first kappa shape index (κ1) is 20.4. The maximum Gasteiger partial charge on any atom is 0.267 e. The predicted octanol–water partition coefficient (Wildman–Crippen LogP) is 4.68. The normalized spacial score (nSPS) is 11.4. The summed E-state index contributed by atoms with van der Waals surface area (Å²) in [6.45, 7) is 1.97. The van der Waals surface area contributed by atoms with Crippen molar-refractivity contribution < 1.29 is 4.42 Å². The molecule has 0 spiro atoms. The number of para-hydroxylation sites is 2. The lowest BCUT2D eigenvalue weighted by atomic mass is 10.2. The second-order valence-corrected chi connectivity index (χ2v) is 8.66. The zero-order chi connectivity index (χ0) is 23.1. The number of thioether (sulfide) groups is 1. The minimum absolute atomic E-state index is 0.134. The molecule has 9 heteroatoms. The van der Waals surface area contributed by atoms with Crippen LogP contribution in [0.25, 0.3) is 33.8 Å². The fourth-order valence-corrected chi connectivity index (χ4v) is 4.72. The summed E-state index contributed by atoms with van der Waals surface area (Å²) in [5, 5.41) is 18.4. The second-order valence-electron chi connectivity index (χ2n) is 7.72. The zero-order valence-corrected chi connectivity index (χ0v) is 18.9. The smallest absolute Gasteiger partial charge is 0.267 e. The maximum absolute atomic E-state index is 13.5. The van der Waals surface area contributed by atoms with E-state index in [0.717, 1.165) is 22.3 Å². The zero-order valence-electron chi connectivity index (χ0n) is 18.1. The molecule has 0 unspecified atom stereocenters. The third kappa shape index (κ3) is 3.37. The van der Waals surface area contributed by atoms with Gasteiger partial charge in [-0.25, -0.2) is 4.57 Å². The van der Waals surface area contributed by atoms with Gasteiger partial charge in [-0.05, 0) is 42.8 Å². The number of nitrogens with zero attached hydrogens (tertiary/aromatic N) is 6. The molecule has 0 atom stereocenters. The molecule has 166 valence electrons. The summed E-state index contributed by atoms with van der Waals surface area (Å²) in [5.41, 5.74) is 3.23. The average Bonchev–Trinajstić information content (AvgIpc) is 3.52. The Morgan fingerprint density at radius 3 is 2.47 bits per heavy atom. The highest BCUT2D eigenvalue weighted by atomic mass is 32.2. The van der Waals surface area contributed by atoms with E-state index in [0.29, 0.717) is 33.9 Å². The van der Waals surface area contributed by atoms with E-state index in [2.05, 4.69) is 20.4 Å². The number of aromatic nitrogens is 6. The molecule has 0 aliphatic rings. The molecule has 0 bridgehead atoms. The number of fused-ring (bicyclic) bond motifs is 3. The molecular formula is C25H18N6O2S. The molecule has 0 radical (unpaired) electrons. The molecule has 0 saturated carbocycles. The summed E-state index contributed by atoms with van der Waals surface area (Å²) in [4.78, 5) is 13.5. The molecule has 3 aromatic carbocycles. The monoisotopic (exact) mass is 466 g/mol. The van der Waals surface area contributed by atoms with Crippen molar-refractivity contribution in [1.82, 2.24) is 29.4 Å². The lowest BCUT2D eigenvalue weighted by Gasteiger charge is -2.13. The molecule has 0 aliphatic carbocycles. The van der Waals surface area contributed by atoms with Crippen molar-refractivity contribution in [3.05, 3.63) is 101 Å². The molecule has 6 rings (SSSR count). The van der Waals surface area contributed by atoms with Crippen molar-refractivity contribution in [3.8, 4) is 17.1 Å². The SMILES string of the molecule is Cc1ccccc1-n1c(=O)c2ccccc2n2c(SCc3nnc(-c4ccccc4)o3)nnc12. The molecule has 0 N–H and O–H groups in total. The van der Waals surface area contributed by atoms with Crippen LogP contribution < -0.4 is 5.56 Å². The van der Waals surface area contributed by atoms with Gasteiger partial charge in [0.05, 0.1) is 22.3 Å². The molecule has 0 saturated heterocycles. The Morgan fingerprint density at radius 2 is 1.62 bits per heavy atom. The van der Waals surface area contributed by atoms with Crippen LogP contribution in [0.3, 0.4) is 0 Å². The molecule has 3 aromatic heterocycles. The van der Waals surface area contributed by atoms with E-state index in [4.69, 9.17) is 4.42 Å². The number of benzene rings is 3. The maximum atomic E-state index is 13.5. The summed E-state index contributed by atoms with van der Waals surface area (Å²) in [6.07, 6.45) is 0. The minimum Gasteiger partial charge on any atom is -0.420 e. The first-order chi connectivity index (χ1) is 16.7. The van der Waals surface area contributed by atoms with E-state index in [9.17, 15) is 4.79 Å². The summed E-state index contributed by atoms with van der Waals surface area (Å²) < 4.78 is 9.36. The van der Waals surface area contributed by atoms with Gasteiger partial charge in [0, 0.05) is 5.56 Å². The van der Waals surface area contributed by atoms with Crippen LogP contribution in [0.5, 0.6) is 0 Å². The topological polar surface area (TPSA) is 91.1 Å². The highest BCUT2D eigenvalue weighted by molar-refractivity contribution is 7.98. The lowest BCUT2D eigenvalue weighted by Crippen LogP contribution is -2.22. The fraction of sp³-hybridized carbons (Fsp3) is 0.0800. The van der Waals surface area contributed by atoms with Gasteiger partial charge < -0.3 is 4.42 Å². The van der Waals surface area contributed by atoms with Gasteiger partial charge in [-0.15, -0.1) is 20.4 Å². The van der Waals surface area contributed by atoms with Crippen LogP contribution in [0.2, 0.25) is 0 Å². The Morgan fingerprint density at radius 1 is 0.853 bits per heavy atom. The van der Waals surface area contributed by atoms with Crippen molar-refractivity contribution in [2.45, 2.75) is 17.8 Å². The van der Waals surface area contributed by atoms with Crippen molar-refractivity contribution in [2.75, 3.05) is 0 Å². The van der Waals surface area contributed by atoms with Crippen LogP contribution in [0, 0.1) is 6.92 Å². The Labute approximate surface area is 197 Å². The van der Waals surface area contributed by atoms with Crippen LogP contribution in [-0.2, 0) is 5.75 Å². The molecule has 8 nitrogen and oxygen atoms in total. The Bertz CT molecular complexity index is 1700. The Hall–Kier alpha value is -4.24. The van der Waals surface area contributed by atoms with Gasteiger partial charge in [0.2, 0.25) is 17.6 Å². The molecule has 0 amide bonds. The highest BCUT2D eigenvalue weighted by Gasteiger charge is 2.19. The van der Waals surface area contributed by atoms with Crippen molar-refractivity contribution in [3.63, 3.8) is 0 Å². The Balaban J connectivity index is 1.44. The molecule has 0 fully saturated rings. The van der Waals surface area contributed by atoms with Crippen LogP contribution in [0.4, 0.5) is 0 Å². The Kier molecular flexibility index (Phi) is 4.96. The summed E-state index contributed by atoms with van der Waals surface area (Å²) in [6, 6.07) is 24.9. The van der Waals surface area contributed by atoms with Gasteiger partial charge >= 0.3 is 0 Å². The molecule has 3 heterocycles. The first-order valence-corrected chi connectivity index (χ1v) is 11.6. The summed E-state index contributed by atoms with van der Waals surface area (Å²) in [7, 11) is 0. The standard InChI is InChI=1S/C25H18N6O2S/c1-16-9-5-7-13-19(16)30-23(32)18-12-6-8-14-20(18)31-24(30)28-29-25(31)34-15-21-26-27-22(33-21)17-10-3-2-4-11-17/h2-14H,15H2,1H3. The fourth-order valence-electron chi connectivity index (χ4n) is 3.94. The van der Waals surface area contributed by atoms with Gasteiger partial charge in [0.25, 0.3) is 5.56 Å². The van der Waals surface area contributed by atoms with Crippen LogP contribution >= 0.6 is 11.8 Å². The van der Waals surface area contributed by atoms with Gasteiger partial charge in [-0.3, -0.25) is 9.20 Å².